The minimum Gasteiger partial charge on any atom is -0.494 e. The molecular weight excluding hydrogens is 248 g/mol. The number of H-pyrrole nitrogens is 1. The molecule has 0 amide bonds. The number of benzene rings is 1. The fourth-order valence-corrected chi connectivity index (χ4v) is 1.77. The lowest BCUT2D eigenvalue weighted by Gasteiger charge is -2.09. The quantitative estimate of drug-likeness (QED) is 0.571. The van der Waals surface area contributed by atoms with Crippen LogP contribution in [0.5, 0.6) is 5.75 Å². The van der Waals surface area contributed by atoms with E-state index in [4.69, 9.17) is 15.6 Å². The van der Waals surface area contributed by atoms with Crippen molar-refractivity contribution in [2.24, 2.45) is 0 Å². The summed E-state index contributed by atoms with van der Waals surface area (Å²) in [6.45, 7) is 0. The van der Waals surface area contributed by atoms with Crippen LogP contribution in [0.3, 0.4) is 0 Å². The number of aromatic amines is 1. The monoisotopic (exact) mass is 260 g/mol. The van der Waals surface area contributed by atoms with Gasteiger partial charge < -0.3 is 20.6 Å². The number of nitrogen functional groups attached to an aromatic ring is 1. The number of hydrogen-bond acceptors (Lipinski definition) is 4. The van der Waals surface area contributed by atoms with E-state index in [9.17, 15) is 9.59 Å². The van der Waals surface area contributed by atoms with Gasteiger partial charge >= 0.3 is 5.97 Å². The molecule has 0 saturated heterocycles. The van der Waals surface area contributed by atoms with Crippen LogP contribution in [0.2, 0.25) is 0 Å². The molecule has 0 radical (unpaired) electrons. The first kappa shape index (κ1) is 12.7. The summed E-state index contributed by atoms with van der Waals surface area (Å²) >= 11 is 0. The number of para-hydroxylation sites is 1. The standard InChI is InChI=1S/C13H12N2O4/c1-19-12-8(3-2-4-9(12)14)11(16)7-5-10(13(17)18)15-6-7/h2-6,15H,14H2,1H3,(H,17,18). The Labute approximate surface area is 108 Å². The van der Waals surface area contributed by atoms with Crippen LogP contribution in [0, 0.1) is 0 Å². The number of methoxy groups -OCH3 is 1. The van der Waals surface area contributed by atoms with Crippen LogP contribution in [0.4, 0.5) is 5.69 Å². The number of ketones is 1. The predicted octanol–water partition coefficient (Wildman–Crippen LogP) is 1.53. The van der Waals surface area contributed by atoms with Gasteiger partial charge in [0, 0.05) is 11.8 Å². The largest absolute Gasteiger partial charge is 0.494 e. The Morgan fingerprint density at radius 2 is 2.11 bits per heavy atom. The Balaban J connectivity index is 2.44. The Kier molecular flexibility index (Phi) is 3.24. The Bertz CT molecular complexity index is 646. The normalized spacial score (nSPS) is 10.2. The molecule has 1 heterocycles. The van der Waals surface area contributed by atoms with E-state index in [-0.39, 0.29) is 22.8 Å². The van der Waals surface area contributed by atoms with E-state index < -0.39 is 5.97 Å². The van der Waals surface area contributed by atoms with Crippen molar-refractivity contribution in [2.45, 2.75) is 0 Å². The number of nitrogens with one attached hydrogen (secondary N) is 1. The maximum absolute atomic E-state index is 12.3. The van der Waals surface area contributed by atoms with Gasteiger partial charge in [-0.05, 0) is 18.2 Å². The van der Waals surface area contributed by atoms with Crippen molar-refractivity contribution < 1.29 is 19.4 Å². The van der Waals surface area contributed by atoms with Crippen molar-refractivity contribution in [1.29, 1.82) is 0 Å². The molecule has 1 aromatic carbocycles. The molecular formula is C13H12N2O4. The first-order valence-corrected chi connectivity index (χ1v) is 5.43. The molecule has 0 atom stereocenters. The molecule has 1 aromatic heterocycles. The summed E-state index contributed by atoms with van der Waals surface area (Å²) in [4.78, 5) is 25.5. The zero-order valence-corrected chi connectivity index (χ0v) is 10.1. The summed E-state index contributed by atoms with van der Waals surface area (Å²) in [6, 6.07) is 6.10. The first-order valence-electron chi connectivity index (χ1n) is 5.43. The number of aromatic carboxylic acids is 1. The molecule has 6 heteroatoms. The molecule has 2 aromatic rings. The number of aromatic nitrogens is 1. The third-order valence-electron chi connectivity index (χ3n) is 2.67. The molecule has 2 rings (SSSR count). The van der Waals surface area contributed by atoms with Crippen LogP contribution >= 0.6 is 0 Å². The van der Waals surface area contributed by atoms with Crippen LogP contribution < -0.4 is 10.5 Å². The summed E-state index contributed by atoms with van der Waals surface area (Å²) < 4.78 is 5.10. The number of rotatable bonds is 4. The Hall–Kier alpha value is -2.76. The average Bonchev–Trinajstić information content (AvgIpc) is 2.87. The number of nitrogens with two attached hydrogens (primary N) is 1. The molecule has 0 saturated carbocycles. The highest BCUT2D eigenvalue weighted by Gasteiger charge is 2.18. The summed E-state index contributed by atoms with van der Waals surface area (Å²) in [5, 5.41) is 8.81. The van der Waals surface area contributed by atoms with Crippen LogP contribution in [0.15, 0.2) is 30.5 Å². The van der Waals surface area contributed by atoms with Crippen molar-refractivity contribution >= 4 is 17.4 Å². The topological polar surface area (TPSA) is 105 Å². The van der Waals surface area contributed by atoms with E-state index in [2.05, 4.69) is 4.98 Å². The summed E-state index contributed by atoms with van der Waals surface area (Å²) in [5.41, 5.74) is 6.55. The Morgan fingerprint density at radius 1 is 1.37 bits per heavy atom. The molecule has 6 nitrogen and oxygen atoms in total. The van der Waals surface area contributed by atoms with E-state index >= 15 is 0 Å². The highest BCUT2D eigenvalue weighted by Crippen LogP contribution is 2.28. The van der Waals surface area contributed by atoms with E-state index in [1.807, 2.05) is 0 Å². The van der Waals surface area contributed by atoms with Gasteiger partial charge in [0.15, 0.2) is 11.5 Å². The van der Waals surface area contributed by atoms with Gasteiger partial charge in [-0.3, -0.25) is 4.79 Å². The van der Waals surface area contributed by atoms with E-state index in [0.29, 0.717) is 11.3 Å². The van der Waals surface area contributed by atoms with Gasteiger partial charge in [-0.2, -0.15) is 0 Å². The highest BCUT2D eigenvalue weighted by molar-refractivity contribution is 6.12. The van der Waals surface area contributed by atoms with Crippen LogP contribution in [0.1, 0.15) is 26.4 Å². The minimum absolute atomic E-state index is 0.0498. The van der Waals surface area contributed by atoms with Crippen molar-refractivity contribution in [2.75, 3.05) is 12.8 Å². The highest BCUT2D eigenvalue weighted by atomic mass is 16.5. The molecule has 0 unspecified atom stereocenters. The third-order valence-corrected chi connectivity index (χ3v) is 2.67. The molecule has 0 aliphatic rings. The zero-order valence-electron chi connectivity index (χ0n) is 10.1. The second-order valence-electron chi connectivity index (χ2n) is 3.86. The first-order chi connectivity index (χ1) is 9.04. The van der Waals surface area contributed by atoms with Crippen LogP contribution in [0.25, 0.3) is 0 Å². The van der Waals surface area contributed by atoms with Gasteiger partial charge in [-0.1, -0.05) is 6.07 Å². The predicted molar refractivity (Wildman–Crippen MR) is 68.6 cm³/mol. The fraction of sp³-hybridized carbons (Fsp3) is 0.0769. The van der Waals surface area contributed by atoms with Gasteiger partial charge in [0.25, 0.3) is 0 Å². The maximum atomic E-state index is 12.3. The second kappa shape index (κ2) is 4.85. The molecule has 4 N–H and O–H groups in total. The lowest BCUT2D eigenvalue weighted by atomic mass is 10.0. The molecule has 19 heavy (non-hydrogen) atoms. The number of carbonyl (C=O) groups is 2. The maximum Gasteiger partial charge on any atom is 0.352 e. The SMILES string of the molecule is COc1c(N)cccc1C(=O)c1c[nH]c(C(=O)O)c1. The van der Waals surface area contributed by atoms with Gasteiger partial charge in [0.1, 0.15) is 5.69 Å². The van der Waals surface area contributed by atoms with Gasteiger partial charge in [0.05, 0.1) is 18.4 Å². The van der Waals surface area contributed by atoms with E-state index in [1.54, 1.807) is 18.2 Å². The lowest BCUT2D eigenvalue weighted by molar-refractivity contribution is 0.0691. The number of anilines is 1. The minimum atomic E-state index is -1.13. The molecule has 98 valence electrons. The van der Waals surface area contributed by atoms with Crippen LogP contribution in [-0.2, 0) is 0 Å². The third kappa shape index (κ3) is 2.28. The van der Waals surface area contributed by atoms with Gasteiger partial charge in [0.2, 0.25) is 0 Å². The number of carbonyl (C=O) groups excluding carboxylic acids is 1. The molecule has 0 spiro atoms. The summed E-state index contributed by atoms with van der Waals surface area (Å²) in [5.74, 6) is -1.20. The molecule has 0 bridgehead atoms. The second-order valence-corrected chi connectivity index (χ2v) is 3.86. The van der Waals surface area contributed by atoms with E-state index in [1.165, 1.54) is 19.4 Å². The molecule has 0 aliphatic carbocycles. The van der Waals surface area contributed by atoms with Crippen molar-refractivity contribution in [3.63, 3.8) is 0 Å². The van der Waals surface area contributed by atoms with E-state index in [0.717, 1.165) is 0 Å². The average molecular weight is 260 g/mol. The van der Waals surface area contributed by atoms with Gasteiger partial charge in [-0.25, -0.2) is 4.79 Å². The summed E-state index contributed by atoms with van der Waals surface area (Å²) in [7, 11) is 1.42. The number of carboxylic acids is 1. The molecule has 0 aliphatic heterocycles. The zero-order chi connectivity index (χ0) is 14.0. The fourth-order valence-electron chi connectivity index (χ4n) is 1.77. The number of ether oxygens (including phenoxy) is 1. The van der Waals surface area contributed by atoms with Gasteiger partial charge in [-0.15, -0.1) is 0 Å². The van der Waals surface area contributed by atoms with Crippen molar-refractivity contribution in [3.05, 3.63) is 47.3 Å². The van der Waals surface area contributed by atoms with Crippen molar-refractivity contribution in [3.8, 4) is 5.75 Å². The number of hydrogen-bond donors (Lipinski definition) is 3. The summed E-state index contributed by atoms with van der Waals surface area (Å²) in [6.07, 6.45) is 1.34. The molecule has 0 fully saturated rings. The van der Waals surface area contributed by atoms with Crippen molar-refractivity contribution in [1.82, 2.24) is 4.98 Å². The number of carboxylic acid groups (broad SMARTS) is 1. The smallest absolute Gasteiger partial charge is 0.352 e. The lowest BCUT2D eigenvalue weighted by Crippen LogP contribution is -2.05. The Morgan fingerprint density at radius 3 is 2.68 bits per heavy atom. The van der Waals surface area contributed by atoms with Crippen LogP contribution in [-0.4, -0.2) is 29.0 Å².